The highest BCUT2D eigenvalue weighted by atomic mass is 35.5. The first kappa shape index (κ1) is 18.6. The van der Waals surface area contributed by atoms with E-state index < -0.39 is 0 Å². The molecule has 0 aliphatic carbocycles. The van der Waals surface area contributed by atoms with Gasteiger partial charge in [0.25, 0.3) is 0 Å². The lowest BCUT2D eigenvalue weighted by Crippen LogP contribution is -2.50. The average molecular weight is 321 g/mol. The molecular formula is C14H29ClN4O2. The van der Waals surface area contributed by atoms with E-state index in [4.69, 9.17) is 10.5 Å². The summed E-state index contributed by atoms with van der Waals surface area (Å²) >= 11 is 0. The first-order valence-corrected chi connectivity index (χ1v) is 7.65. The third-order valence-corrected chi connectivity index (χ3v) is 4.08. The second-order valence-electron chi connectivity index (χ2n) is 6.13. The summed E-state index contributed by atoms with van der Waals surface area (Å²) in [5.74, 6) is 0.485. The Bertz CT molecular complexity index is 313. The van der Waals surface area contributed by atoms with Crippen molar-refractivity contribution in [1.29, 1.82) is 0 Å². The Balaban J connectivity index is 0.00000220. The quantitative estimate of drug-likeness (QED) is 0.692. The third kappa shape index (κ3) is 6.93. The summed E-state index contributed by atoms with van der Waals surface area (Å²) in [4.78, 5) is 15.3. The summed E-state index contributed by atoms with van der Waals surface area (Å²) in [6, 6.07) is 0. The molecule has 0 aromatic carbocycles. The van der Waals surface area contributed by atoms with E-state index in [9.17, 15) is 4.79 Å². The van der Waals surface area contributed by atoms with Crippen molar-refractivity contribution >= 4 is 18.3 Å². The van der Waals surface area contributed by atoms with Crippen molar-refractivity contribution in [3.05, 3.63) is 0 Å². The van der Waals surface area contributed by atoms with Crippen molar-refractivity contribution in [1.82, 2.24) is 15.1 Å². The van der Waals surface area contributed by atoms with Gasteiger partial charge in [0.2, 0.25) is 5.91 Å². The van der Waals surface area contributed by atoms with Gasteiger partial charge in [0, 0.05) is 26.2 Å². The zero-order valence-electron chi connectivity index (χ0n) is 12.9. The van der Waals surface area contributed by atoms with E-state index >= 15 is 0 Å². The van der Waals surface area contributed by atoms with Crippen LogP contribution in [-0.4, -0.2) is 81.3 Å². The van der Waals surface area contributed by atoms with Crippen LogP contribution in [0.15, 0.2) is 0 Å². The Hall–Kier alpha value is -0.400. The zero-order chi connectivity index (χ0) is 14.4. The molecule has 2 aliphatic rings. The van der Waals surface area contributed by atoms with Gasteiger partial charge in [0.05, 0.1) is 19.3 Å². The number of nitrogens with one attached hydrogen (secondary N) is 1. The van der Waals surface area contributed by atoms with Crippen LogP contribution in [-0.2, 0) is 9.53 Å². The minimum Gasteiger partial charge on any atom is -0.374 e. The molecule has 0 bridgehead atoms. The zero-order valence-corrected chi connectivity index (χ0v) is 13.7. The van der Waals surface area contributed by atoms with Gasteiger partial charge in [-0.25, -0.2) is 0 Å². The highest BCUT2D eigenvalue weighted by Crippen LogP contribution is 2.14. The molecule has 0 radical (unpaired) electrons. The number of carbonyl (C=O) groups excluding carboxylic acids is 1. The van der Waals surface area contributed by atoms with Crippen LogP contribution >= 0.6 is 12.4 Å². The molecule has 124 valence electrons. The molecule has 0 saturated carbocycles. The molecule has 21 heavy (non-hydrogen) atoms. The van der Waals surface area contributed by atoms with Gasteiger partial charge in [-0.2, -0.15) is 0 Å². The van der Waals surface area contributed by atoms with Crippen molar-refractivity contribution < 1.29 is 9.53 Å². The summed E-state index contributed by atoms with van der Waals surface area (Å²) in [5.41, 5.74) is 5.21. The van der Waals surface area contributed by atoms with Crippen LogP contribution in [0.4, 0.5) is 0 Å². The predicted molar refractivity (Wildman–Crippen MR) is 85.7 cm³/mol. The lowest BCUT2D eigenvalue weighted by Gasteiger charge is -2.37. The lowest BCUT2D eigenvalue weighted by atomic mass is 9.99. The van der Waals surface area contributed by atoms with Crippen molar-refractivity contribution in [2.75, 3.05) is 59.5 Å². The Kier molecular flexibility index (Phi) is 8.51. The molecule has 2 unspecified atom stereocenters. The molecule has 2 saturated heterocycles. The minimum absolute atomic E-state index is 0. The first-order valence-electron chi connectivity index (χ1n) is 7.65. The van der Waals surface area contributed by atoms with Gasteiger partial charge in [-0.1, -0.05) is 0 Å². The summed E-state index contributed by atoms with van der Waals surface area (Å²) in [7, 11) is 1.91. The summed E-state index contributed by atoms with van der Waals surface area (Å²) in [6.07, 6.45) is 2.81. The molecule has 2 heterocycles. The molecule has 0 aromatic rings. The number of carbonyl (C=O) groups is 1. The fraction of sp³-hybridized carbons (Fsp3) is 0.929. The number of amides is 1. The van der Waals surface area contributed by atoms with Crippen molar-refractivity contribution in [3.63, 3.8) is 0 Å². The van der Waals surface area contributed by atoms with Crippen LogP contribution in [0.2, 0.25) is 0 Å². The van der Waals surface area contributed by atoms with E-state index in [1.807, 2.05) is 11.9 Å². The highest BCUT2D eigenvalue weighted by Gasteiger charge is 2.24. The van der Waals surface area contributed by atoms with Crippen LogP contribution < -0.4 is 11.1 Å². The number of likely N-dealkylation sites (N-methyl/N-ethyl adjacent to an activating group) is 1. The molecule has 0 aromatic heterocycles. The number of hydrogen-bond donors (Lipinski definition) is 2. The molecule has 2 aliphatic heterocycles. The molecule has 6 nitrogen and oxygen atoms in total. The van der Waals surface area contributed by atoms with E-state index in [2.05, 4.69) is 10.2 Å². The Morgan fingerprint density at radius 3 is 3.00 bits per heavy atom. The average Bonchev–Trinajstić information content (AvgIpc) is 2.39. The van der Waals surface area contributed by atoms with E-state index in [-0.39, 0.29) is 24.4 Å². The SMILES string of the molecule is CN(CC(N)=O)CC1CN(CC2CCCNC2)CCO1.Cl. The summed E-state index contributed by atoms with van der Waals surface area (Å²) in [6.45, 7) is 7.30. The topological polar surface area (TPSA) is 70.8 Å². The van der Waals surface area contributed by atoms with Gasteiger partial charge in [-0.3, -0.25) is 14.6 Å². The van der Waals surface area contributed by atoms with Crippen LogP contribution in [0.5, 0.6) is 0 Å². The minimum atomic E-state index is -0.284. The maximum atomic E-state index is 10.9. The normalized spacial score (nSPS) is 27.3. The Morgan fingerprint density at radius 2 is 2.33 bits per heavy atom. The second kappa shape index (κ2) is 9.58. The van der Waals surface area contributed by atoms with E-state index in [1.165, 1.54) is 19.4 Å². The second-order valence-corrected chi connectivity index (χ2v) is 6.13. The number of nitrogens with zero attached hydrogens (tertiary/aromatic N) is 2. The molecule has 2 rings (SSSR count). The number of ether oxygens (including phenoxy) is 1. The molecule has 0 spiro atoms. The third-order valence-electron chi connectivity index (χ3n) is 4.08. The van der Waals surface area contributed by atoms with Crippen LogP contribution in [0, 0.1) is 5.92 Å². The monoisotopic (exact) mass is 320 g/mol. The number of halogens is 1. The summed E-state index contributed by atoms with van der Waals surface area (Å²) < 4.78 is 5.80. The van der Waals surface area contributed by atoms with E-state index in [0.717, 1.165) is 45.2 Å². The number of morpholine rings is 1. The molecule has 2 atom stereocenters. The Morgan fingerprint density at radius 1 is 1.52 bits per heavy atom. The number of rotatable bonds is 6. The van der Waals surface area contributed by atoms with Gasteiger partial charge < -0.3 is 15.8 Å². The molecule has 2 fully saturated rings. The fourth-order valence-electron chi connectivity index (χ4n) is 3.18. The van der Waals surface area contributed by atoms with Crippen LogP contribution in [0.3, 0.4) is 0 Å². The smallest absolute Gasteiger partial charge is 0.231 e. The van der Waals surface area contributed by atoms with Gasteiger partial charge in [-0.15, -0.1) is 12.4 Å². The van der Waals surface area contributed by atoms with Crippen molar-refractivity contribution in [2.45, 2.75) is 18.9 Å². The van der Waals surface area contributed by atoms with Crippen LogP contribution in [0.1, 0.15) is 12.8 Å². The lowest BCUT2D eigenvalue weighted by molar-refractivity contribution is -0.119. The number of nitrogens with two attached hydrogens (primary N) is 1. The van der Waals surface area contributed by atoms with Gasteiger partial charge in [0.15, 0.2) is 0 Å². The molecule has 7 heteroatoms. The standard InChI is InChI=1S/C14H28N4O2.ClH/c1-17(11-14(15)19)9-13-10-18(5-6-20-13)8-12-3-2-4-16-7-12;/h12-13,16H,2-11H2,1H3,(H2,15,19);1H. The number of hydrogen-bond acceptors (Lipinski definition) is 5. The Labute approximate surface area is 133 Å². The molecule has 3 N–H and O–H groups in total. The van der Waals surface area contributed by atoms with Crippen LogP contribution in [0.25, 0.3) is 0 Å². The van der Waals surface area contributed by atoms with Crippen molar-refractivity contribution in [3.8, 4) is 0 Å². The van der Waals surface area contributed by atoms with E-state index in [0.29, 0.717) is 6.54 Å². The predicted octanol–water partition coefficient (Wildman–Crippen LogP) is -0.474. The maximum absolute atomic E-state index is 10.9. The van der Waals surface area contributed by atoms with Crippen molar-refractivity contribution in [2.24, 2.45) is 11.7 Å². The van der Waals surface area contributed by atoms with Gasteiger partial charge in [0.1, 0.15) is 0 Å². The fourth-order valence-corrected chi connectivity index (χ4v) is 3.18. The molecule has 1 amide bonds. The van der Waals surface area contributed by atoms with Gasteiger partial charge in [-0.05, 0) is 38.9 Å². The molecular weight excluding hydrogens is 292 g/mol. The number of primary amides is 1. The first-order chi connectivity index (χ1) is 9.63. The summed E-state index contributed by atoms with van der Waals surface area (Å²) in [5, 5.41) is 3.47. The largest absolute Gasteiger partial charge is 0.374 e. The number of piperidine rings is 1. The van der Waals surface area contributed by atoms with E-state index in [1.54, 1.807) is 0 Å². The van der Waals surface area contributed by atoms with Gasteiger partial charge >= 0.3 is 0 Å². The highest BCUT2D eigenvalue weighted by molar-refractivity contribution is 5.85. The maximum Gasteiger partial charge on any atom is 0.231 e.